The molecule has 1 fully saturated rings. The topological polar surface area (TPSA) is 55.4 Å². The van der Waals surface area contributed by atoms with Crippen LogP contribution in [0.2, 0.25) is 0 Å². The minimum absolute atomic E-state index is 0.0720. The van der Waals surface area contributed by atoms with Crippen LogP contribution in [-0.4, -0.2) is 27.2 Å². The standard InChI is InChI=1S/C20H33NO3S/c1-15(2)19(17-11-13-24-20(4,5)14-17)10-12-21-25(22,23)18-8-6-16(3)7-9-18/h6-9,15,17,19,21H,10-14H2,1-5H3/t17-,19+/m0/s1. The van der Waals surface area contributed by atoms with E-state index in [0.717, 1.165) is 31.4 Å². The first-order valence-corrected chi connectivity index (χ1v) is 10.8. The van der Waals surface area contributed by atoms with Crippen LogP contribution in [0, 0.1) is 24.7 Å². The van der Waals surface area contributed by atoms with Gasteiger partial charge in [0.1, 0.15) is 0 Å². The second kappa shape index (κ2) is 8.19. The van der Waals surface area contributed by atoms with Gasteiger partial charge in [-0.1, -0.05) is 31.5 Å². The largest absolute Gasteiger partial charge is 0.376 e. The summed E-state index contributed by atoms with van der Waals surface area (Å²) in [5.74, 6) is 1.62. The lowest BCUT2D eigenvalue weighted by molar-refractivity contribution is -0.0867. The Hall–Kier alpha value is -0.910. The van der Waals surface area contributed by atoms with Gasteiger partial charge in [-0.15, -0.1) is 0 Å². The van der Waals surface area contributed by atoms with E-state index >= 15 is 0 Å². The number of nitrogens with one attached hydrogen (secondary N) is 1. The average Bonchev–Trinajstić information content (AvgIpc) is 2.50. The molecule has 0 unspecified atom stereocenters. The zero-order valence-electron chi connectivity index (χ0n) is 16.2. The normalized spacial score (nSPS) is 22.1. The van der Waals surface area contributed by atoms with Crippen molar-refractivity contribution in [1.82, 2.24) is 4.72 Å². The van der Waals surface area contributed by atoms with E-state index in [1.54, 1.807) is 12.1 Å². The Kier molecular flexibility index (Phi) is 6.68. The molecule has 1 saturated heterocycles. The summed E-state index contributed by atoms with van der Waals surface area (Å²) >= 11 is 0. The second-order valence-corrected chi connectivity index (χ2v) is 10.0. The van der Waals surface area contributed by atoms with Gasteiger partial charge in [0.05, 0.1) is 10.5 Å². The lowest BCUT2D eigenvalue weighted by Crippen LogP contribution is -2.39. The molecule has 0 amide bonds. The van der Waals surface area contributed by atoms with Crippen molar-refractivity contribution in [3.63, 3.8) is 0 Å². The number of ether oxygens (including phenoxy) is 1. The van der Waals surface area contributed by atoms with Crippen LogP contribution in [-0.2, 0) is 14.8 Å². The molecule has 25 heavy (non-hydrogen) atoms. The summed E-state index contributed by atoms with van der Waals surface area (Å²) in [5.41, 5.74) is 0.984. The van der Waals surface area contributed by atoms with Crippen LogP contribution >= 0.6 is 0 Å². The fourth-order valence-electron chi connectivity index (χ4n) is 3.92. The molecular formula is C20H33NO3S. The molecule has 1 aliphatic heterocycles. The molecule has 2 rings (SSSR count). The lowest BCUT2D eigenvalue weighted by Gasteiger charge is -2.40. The molecule has 0 aromatic heterocycles. The number of aryl methyl sites for hydroxylation is 1. The SMILES string of the molecule is Cc1ccc(S(=O)(=O)NCC[C@H](C(C)C)[C@H]2CCOC(C)(C)C2)cc1. The molecule has 1 heterocycles. The lowest BCUT2D eigenvalue weighted by atomic mass is 9.73. The minimum atomic E-state index is -3.43. The van der Waals surface area contributed by atoms with Crippen LogP contribution in [0.1, 0.15) is 52.5 Å². The minimum Gasteiger partial charge on any atom is -0.376 e. The molecule has 0 radical (unpaired) electrons. The maximum Gasteiger partial charge on any atom is 0.240 e. The number of rotatable bonds is 7. The van der Waals surface area contributed by atoms with E-state index in [1.807, 2.05) is 19.1 Å². The van der Waals surface area contributed by atoms with E-state index in [1.165, 1.54) is 0 Å². The molecule has 4 nitrogen and oxygen atoms in total. The molecule has 142 valence electrons. The summed E-state index contributed by atoms with van der Waals surface area (Å²) in [6.45, 7) is 12.0. The molecule has 1 aromatic rings. The highest BCUT2D eigenvalue weighted by atomic mass is 32.2. The Morgan fingerprint density at radius 1 is 1.24 bits per heavy atom. The molecule has 1 aromatic carbocycles. The Morgan fingerprint density at radius 3 is 2.44 bits per heavy atom. The highest BCUT2D eigenvalue weighted by Crippen LogP contribution is 2.37. The van der Waals surface area contributed by atoms with Crippen LogP contribution in [0.25, 0.3) is 0 Å². The zero-order valence-corrected chi connectivity index (χ0v) is 17.0. The maximum atomic E-state index is 12.4. The fourth-order valence-corrected chi connectivity index (χ4v) is 4.97. The molecule has 1 aliphatic rings. The van der Waals surface area contributed by atoms with Crippen molar-refractivity contribution in [2.24, 2.45) is 17.8 Å². The summed E-state index contributed by atoms with van der Waals surface area (Å²) < 4.78 is 33.5. The predicted molar refractivity (Wildman–Crippen MR) is 102 cm³/mol. The molecule has 5 heteroatoms. The van der Waals surface area contributed by atoms with Gasteiger partial charge in [0.2, 0.25) is 10.0 Å². The van der Waals surface area contributed by atoms with E-state index < -0.39 is 10.0 Å². The highest BCUT2D eigenvalue weighted by molar-refractivity contribution is 7.89. The van der Waals surface area contributed by atoms with Crippen molar-refractivity contribution in [3.8, 4) is 0 Å². The Bertz CT molecular complexity index is 650. The van der Waals surface area contributed by atoms with E-state index in [-0.39, 0.29) is 5.60 Å². The van der Waals surface area contributed by atoms with Crippen molar-refractivity contribution >= 4 is 10.0 Å². The molecule has 0 aliphatic carbocycles. The Balaban J connectivity index is 1.96. The van der Waals surface area contributed by atoms with Gasteiger partial charge in [0.25, 0.3) is 0 Å². The quantitative estimate of drug-likeness (QED) is 0.788. The van der Waals surface area contributed by atoms with Gasteiger partial charge >= 0.3 is 0 Å². The Morgan fingerprint density at radius 2 is 1.88 bits per heavy atom. The van der Waals surface area contributed by atoms with Gasteiger partial charge in [-0.2, -0.15) is 0 Å². The second-order valence-electron chi connectivity index (χ2n) is 8.27. The molecule has 2 atom stereocenters. The maximum absolute atomic E-state index is 12.4. The highest BCUT2D eigenvalue weighted by Gasteiger charge is 2.34. The average molecular weight is 368 g/mol. The zero-order chi connectivity index (χ0) is 18.7. The van der Waals surface area contributed by atoms with Gasteiger partial charge in [-0.05, 0) is 69.9 Å². The summed E-state index contributed by atoms with van der Waals surface area (Å²) in [5, 5.41) is 0. The smallest absolute Gasteiger partial charge is 0.240 e. The first-order valence-electron chi connectivity index (χ1n) is 9.31. The van der Waals surface area contributed by atoms with E-state index in [2.05, 4.69) is 32.4 Å². The molecule has 1 N–H and O–H groups in total. The molecule has 0 saturated carbocycles. The van der Waals surface area contributed by atoms with Gasteiger partial charge in [0.15, 0.2) is 0 Å². The van der Waals surface area contributed by atoms with Crippen LogP contribution in [0.4, 0.5) is 0 Å². The predicted octanol–water partition coefficient (Wildman–Crippen LogP) is 4.14. The van der Waals surface area contributed by atoms with Gasteiger partial charge in [-0.3, -0.25) is 0 Å². The van der Waals surface area contributed by atoms with Crippen molar-refractivity contribution in [2.75, 3.05) is 13.2 Å². The van der Waals surface area contributed by atoms with Gasteiger partial charge < -0.3 is 4.74 Å². The van der Waals surface area contributed by atoms with Crippen molar-refractivity contribution < 1.29 is 13.2 Å². The van der Waals surface area contributed by atoms with Crippen LogP contribution in [0.3, 0.4) is 0 Å². The van der Waals surface area contributed by atoms with E-state index in [0.29, 0.717) is 29.2 Å². The first-order chi connectivity index (χ1) is 11.6. The first kappa shape index (κ1) is 20.4. The van der Waals surface area contributed by atoms with Crippen LogP contribution < -0.4 is 4.72 Å². The van der Waals surface area contributed by atoms with Crippen molar-refractivity contribution in [2.45, 2.75) is 64.4 Å². The summed E-state index contributed by atoms with van der Waals surface area (Å²) in [6.07, 6.45) is 2.97. The summed E-state index contributed by atoms with van der Waals surface area (Å²) in [4.78, 5) is 0.339. The monoisotopic (exact) mass is 367 g/mol. The Labute approximate surface area is 153 Å². The van der Waals surface area contributed by atoms with Gasteiger partial charge in [-0.25, -0.2) is 13.1 Å². The van der Waals surface area contributed by atoms with E-state index in [9.17, 15) is 8.42 Å². The van der Waals surface area contributed by atoms with Crippen LogP contribution in [0.15, 0.2) is 29.2 Å². The van der Waals surface area contributed by atoms with Crippen LogP contribution in [0.5, 0.6) is 0 Å². The summed E-state index contributed by atoms with van der Waals surface area (Å²) in [7, 11) is -3.43. The van der Waals surface area contributed by atoms with Crippen molar-refractivity contribution in [3.05, 3.63) is 29.8 Å². The number of hydrogen-bond acceptors (Lipinski definition) is 3. The molecular weight excluding hydrogens is 334 g/mol. The molecule has 0 bridgehead atoms. The van der Waals surface area contributed by atoms with E-state index in [4.69, 9.17) is 4.74 Å². The third-order valence-electron chi connectivity index (χ3n) is 5.30. The van der Waals surface area contributed by atoms with Gasteiger partial charge in [0, 0.05) is 13.2 Å². The fraction of sp³-hybridized carbons (Fsp3) is 0.700. The third kappa shape index (κ3) is 5.80. The third-order valence-corrected chi connectivity index (χ3v) is 6.77. The number of hydrogen-bond donors (Lipinski definition) is 1. The number of sulfonamides is 1. The molecule has 0 spiro atoms. The van der Waals surface area contributed by atoms with Crippen molar-refractivity contribution in [1.29, 1.82) is 0 Å². The number of benzene rings is 1. The summed E-state index contributed by atoms with van der Waals surface area (Å²) in [6, 6.07) is 6.99.